The number of halogens is 1. The van der Waals surface area contributed by atoms with Gasteiger partial charge in [-0.05, 0) is 50.1 Å². The third-order valence-electron chi connectivity index (χ3n) is 4.28. The average Bonchev–Trinajstić information content (AvgIpc) is 3.17. The summed E-state index contributed by atoms with van der Waals surface area (Å²) in [7, 11) is 0. The van der Waals surface area contributed by atoms with Gasteiger partial charge in [0.15, 0.2) is 4.34 Å². The van der Waals surface area contributed by atoms with Gasteiger partial charge in [0.2, 0.25) is 11.0 Å². The van der Waals surface area contributed by atoms with Crippen LogP contribution in [0.25, 0.3) is 0 Å². The summed E-state index contributed by atoms with van der Waals surface area (Å²) in [5.74, 6) is -0.711. The highest BCUT2D eigenvalue weighted by Crippen LogP contribution is 2.29. The number of nitrogens with zero attached hydrogens (tertiary/aromatic N) is 2. The second kappa shape index (κ2) is 10.4. The van der Waals surface area contributed by atoms with Gasteiger partial charge in [0.25, 0.3) is 0 Å². The molecule has 0 aliphatic rings. The number of carbonyl (C=O) groups is 2. The first-order valence-electron chi connectivity index (χ1n) is 9.48. The number of imide groups is 1. The van der Waals surface area contributed by atoms with Gasteiger partial charge in [-0.2, -0.15) is 0 Å². The molecule has 3 amide bonds. The Morgan fingerprint density at radius 3 is 2.58 bits per heavy atom. The van der Waals surface area contributed by atoms with Crippen molar-refractivity contribution in [2.75, 3.05) is 10.6 Å². The van der Waals surface area contributed by atoms with Crippen LogP contribution < -0.4 is 16.0 Å². The summed E-state index contributed by atoms with van der Waals surface area (Å²) in [4.78, 5) is 24.5. The highest BCUT2D eigenvalue weighted by molar-refractivity contribution is 8.02. The summed E-state index contributed by atoms with van der Waals surface area (Å²) < 4.78 is 13.6. The molecule has 7 nitrogen and oxygen atoms in total. The summed E-state index contributed by atoms with van der Waals surface area (Å²) in [6, 6.07) is 11.2. The average molecular weight is 460 g/mol. The number of urea groups is 1. The molecule has 1 atom stereocenters. The van der Waals surface area contributed by atoms with Gasteiger partial charge in [0, 0.05) is 12.2 Å². The first kappa shape index (κ1) is 22.7. The molecule has 0 spiro atoms. The van der Waals surface area contributed by atoms with Crippen LogP contribution in [-0.4, -0.2) is 27.4 Å². The molecular formula is C21H22FN5O2S2. The first-order chi connectivity index (χ1) is 14.8. The lowest BCUT2D eigenvalue weighted by Crippen LogP contribution is -2.39. The van der Waals surface area contributed by atoms with Gasteiger partial charge < -0.3 is 10.6 Å². The molecule has 162 valence electrons. The highest BCUT2D eigenvalue weighted by Gasteiger charge is 2.19. The fraction of sp³-hybridized carbons (Fsp3) is 0.238. The molecule has 2 aromatic carbocycles. The van der Waals surface area contributed by atoms with Crippen LogP contribution in [0.1, 0.15) is 23.6 Å². The summed E-state index contributed by atoms with van der Waals surface area (Å²) in [5.41, 5.74) is 3.57. The molecule has 1 aromatic heterocycles. The number of rotatable bonds is 7. The second-order valence-corrected chi connectivity index (χ2v) is 9.44. The summed E-state index contributed by atoms with van der Waals surface area (Å²) in [6.07, 6.45) is 0. The van der Waals surface area contributed by atoms with Crippen molar-refractivity contribution < 1.29 is 14.0 Å². The zero-order chi connectivity index (χ0) is 22.4. The number of carbonyl (C=O) groups excluding carboxylic acids is 2. The molecule has 1 unspecified atom stereocenters. The Labute approximate surface area is 187 Å². The molecule has 0 radical (unpaired) electrons. The van der Waals surface area contributed by atoms with E-state index in [-0.39, 0.29) is 5.82 Å². The molecule has 3 rings (SSSR count). The molecule has 0 saturated heterocycles. The monoisotopic (exact) mass is 459 g/mol. The van der Waals surface area contributed by atoms with Gasteiger partial charge in [0.1, 0.15) is 5.82 Å². The quantitative estimate of drug-likeness (QED) is 0.442. The van der Waals surface area contributed by atoms with E-state index >= 15 is 0 Å². The molecular weight excluding hydrogens is 437 g/mol. The minimum Gasteiger partial charge on any atom is -0.356 e. The predicted molar refractivity (Wildman–Crippen MR) is 122 cm³/mol. The first-order valence-corrected chi connectivity index (χ1v) is 11.2. The number of hydrogen-bond acceptors (Lipinski definition) is 7. The maximum atomic E-state index is 13.0. The van der Waals surface area contributed by atoms with Crippen LogP contribution in [0.5, 0.6) is 0 Å². The molecule has 0 saturated carbocycles. The number of hydrogen-bond donors (Lipinski definition) is 3. The Bertz CT molecular complexity index is 1070. The van der Waals surface area contributed by atoms with E-state index in [4.69, 9.17) is 0 Å². The Balaban J connectivity index is 1.48. The van der Waals surface area contributed by atoms with Gasteiger partial charge in [-0.3, -0.25) is 10.1 Å². The Morgan fingerprint density at radius 1 is 1.13 bits per heavy atom. The number of aromatic nitrogens is 2. The smallest absolute Gasteiger partial charge is 0.325 e. The Hall–Kier alpha value is -2.98. The van der Waals surface area contributed by atoms with Crippen molar-refractivity contribution in [1.29, 1.82) is 0 Å². The van der Waals surface area contributed by atoms with Crippen LogP contribution in [0.3, 0.4) is 0 Å². The lowest BCUT2D eigenvalue weighted by atomic mass is 10.1. The molecule has 0 bridgehead atoms. The SMILES string of the molecule is Cc1ccc(NC(=O)NC(=O)C(C)Sc2nnc(NCc3ccc(F)cc3)s2)c(C)c1. The maximum absolute atomic E-state index is 13.0. The van der Waals surface area contributed by atoms with E-state index in [1.807, 2.05) is 26.0 Å². The molecule has 3 aromatic rings. The van der Waals surface area contributed by atoms with Crippen molar-refractivity contribution in [3.63, 3.8) is 0 Å². The largest absolute Gasteiger partial charge is 0.356 e. The van der Waals surface area contributed by atoms with Crippen LogP contribution in [0.15, 0.2) is 46.8 Å². The Morgan fingerprint density at radius 2 is 1.87 bits per heavy atom. The van der Waals surface area contributed by atoms with E-state index in [2.05, 4.69) is 26.1 Å². The number of nitrogens with one attached hydrogen (secondary N) is 3. The summed E-state index contributed by atoms with van der Waals surface area (Å²) >= 11 is 2.51. The lowest BCUT2D eigenvalue weighted by molar-refractivity contribution is -0.119. The van der Waals surface area contributed by atoms with Crippen LogP contribution in [-0.2, 0) is 11.3 Å². The number of anilines is 2. The molecule has 31 heavy (non-hydrogen) atoms. The van der Waals surface area contributed by atoms with Crippen LogP contribution in [0.2, 0.25) is 0 Å². The van der Waals surface area contributed by atoms with E-state index in [0.717, 1.165) is 16.7 Å². The fourth-order valence-corrected chi connectivity index (χ4v) is 4.53. The zero-order valence-electron chi connectivity index (χ0n) is 17.2. The highest BCUT2D eigenvalue weighted by atomic mass is 32.2. The van der Waals surface area contributed by atoms with Crippen molar-refractivity contribution >= 4 is 45.9 Å². The molecule has 0 fully saturated rings. The fourth-order valence-electron chi connectivity index (χ4n) is 2.63. The van der Waals surface area contributed by atoms with Crippen LogP contribution >= 0.6 is 23.1 Å². The van der Waals surface area contributed by atoms with E-state index in [1.54, 1.807) is 25.1 Å². The summed E-state index contributed by atoms with van der Waals surface area (Å²) in [5, 5.41) is 16.3. The molecule has 1 heterocycles. The van der Waals surface area contributed by atoms with E-state index in [1.165, 1.54) is 35.2 Å². The van der Waals surface area contributed by atoms with Crippen molar-refractivity contribution in [3.05, 3.63) is 65.0 Å². The van der Waals surface area contributed by atoms with Crippen LogP contribution in [0, 0.1) is 19.7 Å². The number of benzene rings is 2. The predicted octanol–water partition coefficient (Wildman–Crippen LogP) is 4.74. The lowest BCUT2D eigenvalue weighted by Gasteiger charge is -2.12. The topological polar surface area (TPSA) is 96.0 Å². The van der Waals surface area contributed by atoms with Gasteiger partial charge in [-0.1, -0.05) is 52.9 Å². The number of thioether (sulfide) groups is 1. The molecule has 0 aliphatic heterocycles. The molecule has 10 heteroatoms. The van der Waals surface area contributed by atoms with Crippen molar-refractivity contribution in [2.24, 2.45) is 0 Å². The normalized spacial score (nSPS) is 11.6. The molecule has 0 aliphatic carbocycles. The van der Waals surface area contributed by atoms with E-state index < -0.39 is 17.2 Å². The maximum Gasteiger partial charge on any atom is 0.325 e. The van der Waals surface area contributed by atoms with Crippen molar-refractivity contribution in [3.8, 4) is 0 Å². The third-order valence-corrected chi connectivity index (χ3v) is 6.34. The second-order valence-electron chi connectivity index (χ2n) is 6.87. The van der Waals surface area contributed by atoms with Crippen LogP contribution in [0.4, 0.5) is 20.0 Å². The minimum absolute atomic E-state index is 0.284. The van der Waals surface area contributed by atoms with Crippen molar-refractivity contribution in [2.45, 2.75) is 36.9 Å². The minimum atomic E-state index is -0.580. The summed E-state index contributed by atoms with van der Waals surface area (Å²) in [6.45, 7) is 6.03. The van der Waals surface area contributed by atoms with Gasteiger partial charge in [-0.25, -0.2) is 9.18 Å². The van der Waals surface area contributed by atoms with Gasteiger partial charge in [0.05, 0.1) is 5.25 Å². The van der Waals surface area contributed by atoms with Crippen molar-refractivity contribution in [1.82, 2.24) is 15.5 Å². The Kier molecular flexibility index (Phi) is 7.59. The standard InChI is InChI=1S/C21H22FN5O2S2/c1-12-4-9-17(13(2)10-12)24-19(29)25-18(28)14(3)30-21-27-26-20(31-21)23-11-15-5-7-16(22)8-6-15/h4-10,14H,11H2,1-3H3,(H,23,26)(H2,24,25,28,29). The van der Waals surface area contributed by atoms with E-state index in [0.29, 0.717) is 21.7 Å². The number of amides is 3. The zero-order valence-corrected chi connectivity index (χ0v) is 18.9. The van der Waals surface area contributed by atoms with E-state index in [9.17, 15) is 14.0 Å². The molecule has 3 N–H and O–H groups in total. The van der Waals surface area contributed by atoms with Gasteiger partial charge in [-0.15, -0.1) is 10.2 Å². The van der Waals surface area contributed by atoms with Gasteiger partial charge >= 0.3 is 6.03 Å². The third kappa shape index (κ3) is 6.76. The number of aryl methyl sites for hydroxylation is 2.